The number of sulfonamides is 1. The van der Waals surface area contributed by atoms with Crippen LogP contribution in [0.5, 0.6) is 0 Å². The summed E-state index contributed by atoms with van der Waals surface area (Å²) >= 11 is 0. The third-order valence-corrected chi connectivity index (χ3v) is 5.80. The van der Waals surface area contributed by atoms with Crippen LogP contribution in [-0.2, 0) is 15.4 Å². The van der Waals surface area contributed by atoms with E-state index in [9.17, 15) is 13.2 Å². The van der Waals surface area contributed by atoms with Gasteiger partial charge >= 0.3 is 0 Å². The number of benzene rings is 2. The predicted molar refractivity (Wildman–Crippen MR) is 110 cm³/mol. The van der Waals surface area contributed by atoms with Crippen molar-refractivity contribution in [2.45, 2.75) is 51.3 Å². The lowest BCUT2D eigenvalue weighted by atomic mass is 9.87. The Bertz CT molecular complexity index is 911. The second-order valence-electron chi connectivity index (χ2n) is 7.67. The van der Waals surface area contributed by atoms with E-state index in [0.29, 0.717) is 23.4 Å². The van der Waals surface area contributed by atoms with E-state index in [-0.39, 0.29) is 16.2 Å². The summed E-state index contributed by atoms with van der Waals surface area (Å²) in [5, 5.41) is 2.79. The zero-order valence-electron chi connectivity index (χ0n) is 16.6. The molecular formula is C21H28N2O3S. The third kappa shape index (κ3) is 5.32. The Morgan fingerprint density at radius 1 is 1.04 bits per heavy atom. The summed E-state index contributed by atoms with van der Waals surface area (Å²) < 4.78 is 28.3. The summed E-state index contributed by atoms with van der Waals surface area (Å²) in [4.78, 5) is 12.2. The van der Waals surface area contributed by atoms with Crippen molar-refractivity contribution >= 4 is 21.6 Å². The fraction of sp³-hybridized carbons (Fsp3) is 0.381. The first-order valence-corrected chi connectivity index (χ1v) is 10.5. The first-order chi connectivity index (χ1) is 12.5. The number of aryl methyl sites for hydroxylation is 1. The molecule has 0 aromatic heterocycles. The molecule has 0 bridgehead atoms. The molecule has 6 heteroatoms. The van der Waals surface area contributed by atoms with Crippen LogP contribution in [0.3, 0.4) is 0 Å². The van der Waals surface area contributed by atoms with Crippen molar-refractivity contribution in [3.8, 4) is 0 Å². The molecule has 0 spiro atoms. The second-order valence-corrected chi connectivity index (χ2v) is 9.32. The number of amides is 1. The summed E-state index contributed by atoms with van der Waals surface area (Å²) in [6, 6.07) is 11.9. The van der Waals surface area contributed by atoms with E-state index in [1.807, 2.05) is 39.8 Å². The number of carbonyl (C=O) groups is 1. The number of hydrogen-bond acceptors (Lipinski definition) is 3. The highest BCUT2D eigenvalue weighted by Gasteiger charge is 2.21. The van der Waals surface area contributed by atoms with Gasteiger partial charge in [0.2, 0.25) is 0 Å². The molecule has 0 atom stereocenters. The Morgan fingerprint density at radius 2 is 1.67 bits per heavy atom. The minimum Gasteiger partial charge on any atom is -0.352 e. The fourth-order valence-electron chi connectivity index (χ4n) is 2.60. The highest BCUT2D eigenvalue weighted by molar-refractivity contribution is 7.92. The van der Waals surface area contributed by atoms with Gasteiger partial charge in [0.1, 0.15) is 0 Å². The van der Waals surface area contributed by atoms with Crippen molar-refractivity contribution in [2.75, 3.05) is 11.3 Å². The van der Waals surface area contributed by atoms with Gasteiger partial charge in [-0.25, -0.2) is 8.42 Å². The Kier molecular flexibility index (Phi) is 6.31. The van der Waals surface area contributed by atoms with Crippen molar-refractivity contribution in [1.29, 1.82) is 0 Å². The van der Waals surface area contributed by atoms with Crippen molar-refractivity contribution in [1.82, 2.24) is 5.32 Å². The standard InChI is InChI=1S/C21H28N2O3S/c1-6-13-22-20(24)16-8-11-18(12-9-16)23-27(25,26)19-14-17(21(3,4)5)10-7-15(19)2/h7-12,14,23H,6,13H2,1-5H3,(H,22,24). The van der Waals surface area contributed by atoms with Crippen LogP contribution in [0.15, 0.2) is 47.4 Å². The molecule has 0 radical (unpaired) electrons. The molecule has 0 fully saturated rings. The molecule has 146 valence electrons. The van der Waals surface area contributed by atoms with E-state index >= 15 is 0 Å². The van der Waals surface area contributed by atoms with Crippen LogP contribution in [0.2, 0.25) is 0 Å². The van der Waals surface area contributed by atoms with Gasteiger partial charge in [-0.3, -0.25) is 9.52 Å². The van der Waals surface area contributed by atoms with Gasteiger partial charge in [-0.05, 0) is 60.2 Å². The van der Waals surface area contributed by atoms with Crippen LogP contribution in [-0.4, -0.2) is 20.9 Å². The van der Waals surface area contributed by atoms with Gasteiger partial charge in [0.15, 0.2) is 0 Å². The second kappa shape index (κ2) is 8.13. The lowest BCUT2D eigenvalue weighted by molar-refractivity contribution is 0.0953. The van der Waals surface area contributed by atoms with E-state index in [2.05, 4.69) is 10.0 Å². The van der Waals surface area contributed by atoms with Crippen molar-refractivity contribution in [3.05, 3.63) is 59.2 Å². The average molecular weight is 389 g/mol. The summed E-state index contributed by atoms with van der Waals surface area (Å²) in [6.07, 6.45) is 0.858. The van der Waals surface area contributed by atoms with Crippen LogP contribution < -0.4 is 10.0 Å². The predicted octanol–water partition coefficient (Wildman–Crippen LogP) is 4.23. The topological polar surface area (TPSA) is 75.3 Å². The maximum absolute atomic E-state index is 12.9. The normalized spacial score (nSPS) is 11.9. The minimum atomic E-state index is -3.72. The molecule has 0 unspecified atom stereocenters. The summed E-state index contributed by atoms with van der Waals surface area (Å²) in [6.45, 7) is 10.5. The Hall–Kier alpha value is -2.34. The zero-order chi connectivity index (χ0) is 20.2. The number of nitrogens with one attached hydrogen (secondary N) is 2. The molecule has 0 saturated heterocycles. The van der Waals surface area contributed by atoms with Gasteiger partial charge in [0.05, 0.1) is 4.90 Å². The Labute approximate surface area is 162 Å². The summed E-state index contributed by atoms with van der Waals surface area (Å²) in [7, 11) is -3.72. The van der Waals surface area contributed by atoms with Crippen molar-refractivity contribution in [2.24, 2.45) is 0 Å². The lowest BCUT2D eigenvalue weighted by Gasteiger charge is -2.21. The van der Waals surface area contributed by atoms with Gasteiger partial charge in [-0.1, -0.05) is 39.8 Å². The van der Waals surface area contributed by atoms with Crippen LogP contribution in [0.25, 0.3) is 0 Å². The molecule has 2 N–H and O–H groups in total. The Balaban J connectivity index is 2.25. The van der Waals surface area contributed by atoms with Gasteiger partial charge in [-0.15, -0.1) is 0 Å². The quantitative estimate of drug-likeness (QED) is 0.777. The van der Waals surface area contributed by atoms with Crippen LogP contribution in [0, 0.1) is 6.92 Å². The molecule has 27 heavy (non-hydrogen) atoms. The maximum atomic E-state index is 12.9. The molecule has 2 rings (SSSR count). The smallest absolute Gasteiger partial charge is 0.262 e. The first kappa shape index (κ1) is 21.0. The van der Waals surface area contributed by atoms with E-state index in [4.69, 9.17) is 0 Å². The van der Waals surface area contributed by atoms with Crippen LogP contribution >= 0.6 is 0 Å². The number of anilines is 1. The number of rotatable bonds is 6. The summed E-state index contributed by atoms with van der Waals surface area (Å²) in [5.74, 6) is -0.167. The molecule has 2 aromatic carbocycles. The van der Waals surface area contributed by atoms with E-state index in [0.717, 1.165) is 12.0 Å². The number of carbonyl (C=O) groups excluding carboxylic acids is 1. The molecule has 0 heterocycles. The van der Waals surface area contributed by atoms with E-state index in [1.54, 1.807) is 37.3 Å². The van der Waals surface area contributed by atoms with Gasteiger partial charge in [0.25, 0.3) is 15.9 Å². The Morgan fingerprint density at radius 3 is 2.22 bits per heavy atom. The third-order valence-electron chi connectivity index (χ3n) is 4.28. The molecule has 0 aliphatic carbocycles. The van der Waals surface area contributed by atoms with Crippen molar-refractivity contribution < 1.29 is 13.2 Å². The maximum Gasteiger partial charge on any atom is 0.262 e. The van der Waals surface area contributed by atoms with Gasteiger partial charge in [-0.2, -0.15) is 0 Å². The first-order valence-electron chi connectivity index (χ1n) is 9.07. The molecule has 0 saturated carbocycles. The zero-order valence-corrected chi connectivity index (χ0v) is 17.4. The van der Waals surface area contributed by atoms with E-state index in [1.165, 1.54) is 0 Å². The molecular weight excluding hydrogens is 360 g/mol. The van der Waals surface area contributed by atoms with Crippen LogP contribution in [0.1, 0.15) is 55.6 Å². The fourth-order valence-corrected chi connectivity index (χ4v) is 3.93. The molecule has 0 aliphatic heterocycles. The van der Waals surface area contributed by atoms with Crippen LogP contribution in [0.4, 0.5) is 5.69 Å². The largest absolute Gasteiger partial charge is 0.352 e. The van der Waals surface area contributed by atoms with Gasteiger partial charge < -0.3 is 5.32 Å². The minimum absolute atomic E-state index is 0.147. The average Bonchev–Trinajstić information content (AvgIpc) is 2.59. The summed E-state index contributed by atoms with van der Waals surface area (Å²) in [5.41, 5.74) is 2.41. The molecule has 2 aromatic rings. The SMILES string of the molecule is CCCNC(=O)c1ccc(NS(=O)(=O)c2cc(C(C)(C)C)ccc2C)cc1. The molecule has 0 aliphatic rings. The monoisotopic (exact) mass is 388 g/mol. The lowest BCUT2D eigenvalue weighted by Crippen LogP contribution is -2.23. The highest BCUT2D eigenvalue weighted by atomic mass is 32.2. The van der Waals surface area contributed by atoms with E-state index < -0.39 is 10.0 Å². The highest BCUT2D eigenvalue weighted by Crippen LogP contribution is 2.27. The molecule has 5 nitrogen and oxygen atoms in total. The molecule has 1 amide bonds. The number of hydrogen-bond donors (Lipinski definition) is 2. The van der Waals surface area contributed by atoms with Gasteiger partial charge in [0, 0.05) is 17.8 Å². The van der Waals surface area contributed by atoms with Crippen molar-refractivity contribution in [3.63, 3.8) is 0 Å².